The number of aromatic nitrogens is 2. The Labute approximate surface area is 129 Å². The average Bonchev–Trinajstić information content (AvgIpc) is 2.55. The van der Waals surface area contributed by atoms with Crippen LogP contribution in [-0.4, -0.2) is 16.5 Å². The van der Waals surface area contributed by atoms with E-state index in [0.29, 0.717) is 12.5 Å². The van der Waals surface area contributed by atoms with Crippen LogP contribution in [0.4, 0.5) is 0 Å². The SMILES string of the molecule is CCc1nc(C2CCC(CC)CC2)nc(CC)c1CCN. The first-order valence-electron chi connectivity index (χ1n) is 8.81. The quantitative estimate of drug-likeness (QED) is 0.867. The van der Waals surface area contributed by atoms with Gasteiger partial charge in [0.1, 0.15) is 5.82 Å². The second-order valence-electron chi connectivity index (χ2n) is 6.33. The van der Waals surface area contributed by atoms with E-state index in [-0.39, 0.29) is 0 Å². The minimum Gasteiger partial charge on any atom is -0.330 e. The lowest BCUT2D eigenvalue weighted by Gasteiger charge is -2.27. The van der Waals surface area contributed by atoms with Gasteiger partial charge in [0.15, 0.2) is 0 Å². The molecule has 1 aromatic heterocycles. The summed E-state index contributed by atoms with van der Waals surface area (Å²) in [6.07, 6.45) is 9.43. The van der Waals surface area contributed by atoms with Crippen LogP contribution in [0, 0.1) is 5.92 Å². The van der Waals surface area contributed by atoms with Gasteiger partial charge in [0.05, 0.1) is 0 Å². The number of rotatable bonds is 6. The molecule has 3 nitrogen and oxygen atoms in total. The predicted octanol–water partition coefficient (Wildman–Crippen LogP) is 3.79. The fraction of sp³-hybridized carbons (Fsp3) is 0.778. The van der Waals surface area contributed by atoms with E-state index in [1.807, 2.05) is 0 Å². The molecule has 0 atom stereocenters. The summed E-state index contributed by atoms with van der Waals surface area (Å²) in [6.45, 7) is 7.39. The van der Waals surface area contributed by atoms with Gasteiger partial charge in [0, 0.05) is 17.3 Å². The first-order chi connectivity index (χ1) is 10.2. The highest BCUT2D eigenvalue weighted by molar-refractivity contribution is 5.28. The molecule has 1 heterocycles. The zero-order valence-electron chi connectivity index (χ0n) is 14.0. The molecule has 1 aromatic rings. The molecule has 0 aromatic carbocycles. The van der Waals surface area contributed by atoms with Gasteiger partial charge in [0.2, 0.25) is 0 Å². The van der Waals surface area contributed by atoms with Crippen LogP contribution < -0.4 is 5.73 Å². The monoisotopic (exact) mass is 289 g/mol. The molecule has 1 fully saturated rings. The molecule has 0 spiro atoms. The number of hydrogen-bond donors (Lipinski definition) is 1. The smallest absolute Gasteiger partial charge is 0.131 e. The second kappa shape index (κ2) is 7.88. The number of nitrogens with two attached hydrogens (primary N) is 1. The molecule has 0 radical (unpaired) electrons. The Morgan fingerprint density at radius 1 is 0.952 bits per heavy atom. The summed E-state index contributed by atoms with van der Waals surface area (Å²) in [4.78, 5) is 9.85. The van der Waals surface area contributed by atoms with Gasteiger partial charge < -0.3 is 5.73 Å². The third-order valence-electron chi connectivity index (χ3n) is 5.05. The Morgan fingerprint density at radius 2 is 1.52 bits per heavy atom. The predicted molar refractivity (Wildman–Crippen MR) is 88.5 cm³/mol. The van der Waals surface area contributed by atoms with Crippen molar-refractivity contribution in [1.82, 2.24) is 9.97 Å². The molecule has 21 heavy (non-hydrogen) atoms. The van der Waals surface area contributed by atoms with Crippen molar-refractivity contribution in [2.24, 2.45) is 11.7 Å². The Morgan fingerprint density at radius 3 is 1.95 bits per heavy atom. The summed E-state index contributed by atoms with van der Waals surface area (Å²) in [5.41, 5.74) is 9.55. The topological polar surface area (TPSA) is 51.8 Å². The summed E-state index contributed by atoms with van der Waals surface area (Å²) in [5.74, 6) is 2.61. The van der Waals surface area contributed by atoms with Crippen molar-refractivity contribution >= 4 is 0 Å². The zero-order chi connectivity index (χ0) is 15.2. The second-order valence-corrected chi connectivity index (χ2v) is 6.33. The molecule has 2 rings (SSSR count). The summed E-state index contributed by atoms with van der Waals surface area (Å²) in [7, 11) is 0. The van der Waals surface area contributed by atoms with Gasteiger partial charge in [-0.3, -0.25) is 0 Å². The van der Waals surface area contributed by atoms with Crippen LogP contribution in [0.15, 0.2) is 0 Å². The Hall–Kier alpha value is -0.960. The summed E-state index contributed by atoms with van der Waals surface area (Å²) < 4.78 is 0. The van der Waals surface area contributed by atoms with E-state index in [0.717, 1.165) is 31.0 Å². The van der Waals surface area contributed by atoms with Gasteiger partial charge in [-0.05, 0) is 63.0 Å². The van der Waals surface area contributed by atoms with Crippen molar-refractivity contribution in [3.05, 3.63) is 22.8 Å². The average molecular weight is 289 g/mol. The molecule has 1 saturated carbocycles. The van der Waals surface area contributed by atoms with E-state index in [1.54, 1.807) is 0 Å². The maximum Gasteiger partial charge on any atom is 0.131 e. The molecule has 3 heteroatoms. The maximum absolute atomic E-state index is 5.76. The molecule has 2 N–H and O–H groups in total. The van der Waals surface area contributed by atoms with Gasteiger partial charge in [-0.15, -0.1) is 0 Å². The molecule has 118 valence electrons. The first-order valence-corrected chi connectivity index (χ1v) is 8.81. The number of aryl methyl sites for hydroxylation is 2. The Kier molecular flexibility index (Phi) is 6.16. The molecule has 1 aliphatic rings. The van der Waals surface area contributed by atoms with Crippen LogP contribution >= 0.6 is 0 Å². The van der Waals surface area contributed by atoms with Crippen molar-refractivity contribution in [1.29, 1.82) is 0 Å². The van der Waals surface area contributed by atoms with Gasteiger partial charge in [-0.25, -0.2) is 9.97 Å². The van der Waals surface area contributed by atoms with Crippen LogP contribution in [0.3, 0.4) is 0 Å². The van der Waals surface area contributed by atoms with Gasteiger partial charge >= 0.3 is 0 Å². The van der Waals surface area contributed by atoms with Crippen LogP contribution in [0.5, 0.6) is 0 Å². The molecule has 0 bridgehead atoms. The first kappa shape index (κ1) is 16.4. The fourth-order valence-electron chi connectivity index (χ4n) is 3.63. The molecule has 0 saturated heterocycles. The lowest BCUT2D eigenvalue weighted by molar-refractivity contribution is 0.311. The summed E-state index contributed by atoms with van der Waals surface area (Å²) >= 11 is 0. The maximum atomic E-state index is 5.76. The molecule has 0 aliphatic heterocycles. The number of hydrogen-bond acceptors (Lipinski definition) is 3. The van der Waals surface area contributed by atoms with E-state index < -0.39 is 0 Å². The van der Waals surface area contributed by atoms with E-state index in [9.17, 15) is 0 Å². The van der Waals surface area contributed by atoms with Gasteiger partial charge in [-0.1, -0.05) is 27.2 Å². The molecular weight excluding hydrogens is 258 g/mol. The van der Waals surface area contributed by atoms with Crippen molar-refractivity contribution in [3.63, 3.8) is 0 Å². The Balaban J connectivity index is 2.24. The largest absolute Gasteiger partial charge is 0.330 e. The molecule has 0 unspecified atom stereocenters. The van der Waals surface area contributed by atoms with Crippen molar-refractivity contribution in [3.8, 4) is 0 Å². The van der Waals surface area contributed by atoms with E-state index in [2.05, 4.69) is 20.8 Å². The standard InChI is InChI=1S/C18H31N3/c1-4-13-7-9-14(10-8-13)18-20-16(5-2)15(11-12-19)17(6-3)21-18/h13-14H,4-12,19H2,1-3H3. The van der Waals surface area contributed by atoms with Crippen LogP contribution in [0.25, 0.3) is 0 Å². The van der Waals surface area contributed by atoms with Crippen LogP contribution in [0.1, 0.15) is 81.6 Å². The van der Waals surface area contributed by atoms with Crippen molar-refractivity contribution in [2.45, 2.75) is 78.1 Å². The van der Waals surface area contributed by atoms with E-state index >= 15 is 0 Å². The van der Waals surface area contributed by atoms with Gasteiger partial charge in [0.25, 0.3) is 0 Å². The van der Waals surface area contributed by atoms with Crippen LogP contribution in [-0.2, 0) is 19.3 Å². The van der Waals surface area contributed by atoms with E-state index in [4.69, 9.17) is 15.7 Å². The minimum absolute atomic E-state index is 0.579. The third-order valence-corrected chi connectivity index (χ3v) is 5.05. The minimum atomic E-state index is 0.579. The zero-order valence-corrected chi connectivity index (χ0v) is 14.0. The fourth-order valence-corrected chi connectivity index (χ4v) is 3.63. The highest BCUT2D eigenvalue weighted by Crippen LogP contribution is 2.36. The van der Waals surface area contributed by atoms with Crippen molar-refractivity contribution in [2.75, 3.05) is 6.54 Å². The highest BCUT2D eigenvalue weighted by atomic mass is 14.9. The third kappa shape index (κ3) is 3.82. The normalized spacial score (nSPS) is 22.5. The Bertz CT molecular complexity index is 423. The van der Waals surface area contributed by atoms with Crippen molar-refractivity contribution < 1.29 is 0 Å². The summed E-state index contributed by atoms with van der Waals surface area (Å²) in [5, 5.41) is 0. The molecular formula is C18H31N3. The van der Waals surface area contributed by atoms with E-state index in [1.165, 1.54) is 49.1 Å². The lowest BCUT2D eigenvalue weighted by Crippen LogP contribution is -2.18. The molecule has 0 amide bonds. The highest BCUT2D eigenvalue weighted by Gasteiger charge is 2.24. The lowest BCUT2D eigenvalue weighted by atomic mass is 9.80. The van der Waals surface area contributed by atoms with Crippen LogP contribution in [0.2, 0.25) is 0 Å². The molecule has 1 aliphatic carbocycles. The van der Waals surface area contributed by atoms with Gasteiger partial charge in [-0.2, -0.15) is 0 Å². The number of nitrogens with zero attached hydrogens (tertiary/aromatic N) is 2. The summed E-state index contributed by atoms with van der Waals surface area (Å²) in [6, 6.07) is 0.